The second-order valence-electron chi connectivity index (χ2n) is 8.06. The number of cyclic esters (lactones) is 1. The molecule has 3 rings (SSSR count). The van der Waals surface area contributed by atoms with Crippen LogP contribution in [0.4, 0.5) is 0 Å². The van der Waals surface area contributed by atoms with E-state index in [1.165, 1.54) is 0 Å². The average molecular weight is 323 g/mol. The summed E-state index contributed by atoms with van der Waals surface area (Å²) >= 11 is 0. The van der Waals surface area contributed by atoms with Crippen LogP contribution in [-0.4, -0.2) is 48.2 Å². The first-order chi connectivity index (χ1) is 10.8. The average Bonchev–Trinajstić information content (AvgIpc) is 3.12. The molecule has 0 aromatic heterocycles. The van der Waals surface area contributed by atoms with E-state index < -0.39 is 0 Å². The maximum absolute atomic E-state index is 12.3. The predicted octanol–water partition coefficient (Wildman–Crippen LogP) is 2.38. The number of carbonyl (C=O) groups is 2. The van der Waals surface area contributed by atoms with Crippen molar-refractivity contribution >= 4 is 11.9 Å². The van der Waals surface area contributed by atoms with Gasteiger partial charge in [0.25, 0.3) is 0 Å². The van der Waals surface area contributed by atoms with Crippen molar-refractivity contribution in [3.63, 3.8) is 0 Å². The molecule has 5 heteroatoms. The first-order valence-electron chi connectivity index (χ1n) is 8.96. The van der Waals surface area contributed by atoms with Crippen LogP contribution in [0, 0.1) is 17.3 Å². The van der Waals surface area contributed by atoms with Crippen LogP contribution in [0.15, 0.2) is 0 Å². The Morgan fingerprint density at radius 1 is 1.30 bits per heavy atom. The van der Waals surface area contributed by atoms with Crippen LogP contribution >= 0.6 is 0 Å². The molecule has 1 spiro atoms. The number of esters is 2. The highest BCUT2D eigenvalue weighted by Crippen LogP contribution is 2.60. The lowest BCUT2D eigenvalue weighted by Crippen LogP contribution is -2.43. The standard InChI is InChI=1S/C18H29NO4/c1-11(2)19(12(3)4)10-16(20)23-15-8-14-7-13(15)9-18(14)5-6-22-17(18)21/h11-15H,5-10H2,1-4H3. The molecule has 1 aliphatic heterocycles. The molecule has 2 bridgehead atoms. The number of nitrogens with zero attached hydrogens (tertiary/aromatic N) is 1. The van der Waals surface area contributed by atoms with Gasteiger partial charge in [-0.1, -0.05) is 0 Å². The van der Waals surface area contributed by atoms with E-state index in [-0.39, 0.29) is 23.5 Å². The number of ether oxygens (including phenoxy) is 2. The Hall–Kier alpha value is -1.10. The van der Waals surface area contributed by atoms with Crippen molar-refractivity contribution < 1.29 is 19.1 Å². The Bertz CT molecular complexity index is 481. The summed E-state index contributed by atoms with van der Waals surface area (Å²) in [5.41, 5.74) is -0.254. The van der Waals surface area contributed by atoms with E-state index >= 15 is 0 Å². The summed E-state index contributed by atoms with van der Waals surface area (Å²) in [5, 5.41) is 0. The number of carbonyl (C=O) groups excluding carboxylic acids is 2. The number of rotatable bonds is 5. The molecule has 4 unspecified atom stereocenters. The van der Waals surface area contributed by atoms with E-state index in [2.05, 4.69) is 32.6 Å². The van der Waals surface area contributed by atoms with Crippen molar-refractivity contribution in [2.24, 2.45) is 17.3 Å². The second kappa shape index (κ2) is 6.08. The first-order valence-corrected chi connectivity index (χ1v) is 8.96. The fraction of sp³-hybridized carbons (Fsp3) is 0.889. The van der Waals surface area contributed by atoms with E-state index in [0.717, 1.165) is 25.7 Å². The van der Waals surface area contributed by atoms with Crippen LogP contribution in [0.3, 0.4) is 0 Å². The third kappa shape index (κ3) is 2.88. The number of hydrogen-bond donors (Lipinski definition) is 0. The summed E-state index contributed by atoms with van der Waals surface area (Å²) < 4.78 is 11.0. The molecule has 130 valence electrons. The van der Waals surface area contributed by atoms with E-state index in [1.807, 2.05) is 0 Å². The summed E-state index contributed by atoms with van der Waals surface area (Å²) in [6.07, 6.45) is 3.52. The molecule has 3 aliphatic rings. The van der Waals surface area contributed by atoms with Crippen LogP contribution in [0.25, 0.3) is 0 Å². The van der Waals surface area contributed by atoms with Gasteiger partial charge in [-0.05, 0) is 65.2 Å². The van der Waals surface area contributed by atoms with Gasteiger partial charge in [-0.2, -0.15) is 0 Å². The van der Waals surface area contributed by atoms with Crippen LogP contribution in [-0.2, 0) is 19.1 Å². The molecule has 1 saturated heterocycles. The molecule has 2 saturated carbocycles. The third-order valence-corrected chi connectivity index (χ3v) is 6.15. The van der Waals surface area contributed by atoms with Crippen LogP contribution in [0.5, 0.6) is 0 Å². The van der Waals surface area contributed by atoms with E-state index in [0.29, 0.717) is 37.1 Å². The monoisotopic (exact) mass is 323 g/mol. The minimum absolute atomic E-state index is 0.00676. The molecule has 0 radical (unpaired) electrons. The lowest BCUT2D eigenvalue weighted by molar-refractivity contribution is -0.157. The summed E-state index contributed by atoms with van der Waals surface area (Å²) in [4.78, 5) is 26.5. The normalized spacial score (nSPS) is 35.8. The molecule has 0 amide bonds. The third-order valence-electron chi connectivity index (χ3n) is 6.15. The maximum atomic E-state index is 12.3. The van der Waals surface area contributed by atoms with Gasteiger partial charge in [0.15, 0.2) is 0 Å². The number of hydrogen-bond acceptors (Lipinski definition) is 5. The molecule has 5 nitrogen and oxygen atoms in total. The topological polar surface area (TPSA) is 55.8 Å². The zero-order valence-corrected chi connectivity index (χ0v) is 14.7. The van der Waals surface area contributed by atoms with Gasteiger partial charge in [0.05, 0.1) is 18.6 Å². The van der Waals surface area contributed by atoms with Gasteiger partial charge in [-0.15, -0.1) is 0 Å². The van der Waals surface area contributed by atoms with E-state index in [4.69, 9.17) is 9.47 Å². The predicted molar refractivity (Wildman–Crippen MR) is 85.7 cm³/mol. The van der Waals surface area contributed by atoms with Crippen LogP contribution in [0.2, 0.25) is 0 Å². The van der Waals surface area contributed by atoms with E-state index in [9.17, 15) is 9.59 Å². The van der Waals surface area contributed by atoms with Crippen molar-refractivity contribution in [1.29, 1.82) is 0 Å². The second-order valence-corrected chi connectivity index (χ2v) is 8.06. The van der Waals surface area contributed by atoms with Crippen molar-refractivity contribution in [3.8, 4) is 0 Å². The molecule has 0 aromatic carbocycles. The Kier molecular flexibility index (Phi) is 4.43. The zero-order chi connectivity index (χ0) is 16.8. The lowest BCUT2D eigenvalue weighted by Gasteiger charge is -2.34. The smallest absolute Gasteiger partial charge is 0.320 e. The van der Waals surface area contributed by atoms with Crippen LogP contribution in [0.1, 0.15) is 53.4 Å². The Balaban J connectivity index is 1.55. The van der Waals surface area contributed by atoms with Gasteiger partial charge in [0.2, 0.25) is 0 Å². The molecular weight excluding hydrogens is 294 g/mol. The molecule has 4 atom stereocenters. The van der Waals surface area contributed by atoms with Crippen molar-refractivity contribution in [1.82, 2.24) is 4.90 Å². The van der Waals surface area contributed by atoms with Crippen molar-refractivity contribution in [2.75, 3.05) is 13.2 Å². The Labute approximate surface area is 138 Å². The highest BCUT2D eigenvalue weighted by molar-refractivity contribution is 5.80. The summed E-state index contributed by atoms with van der Waals surface area (Å²) in [7, 11) is 0. The van der Waals surface area contributed by atoms with Crippen molar-refractivity contribution in [3.05, 3.63) is 0 Å². The van der Waals surface area contributed by atoms with Gasteiger partial charge in [0, 0.05) is 12.1 Å². The molecule has 2 aliphatic carbocycles. The summed E-state index contributed by atoms with van der Waals surface area (Å²) in [6.45, 7) is 9.29. The van der Waals surface area contributed by atoms with E-state index in [1.54, 1.807) is 0 Å². The highest BCUT2D eigenvalue weighted by Gasteiger charge is 2.62. The largest absolute Gasteiger partial charge is 0.465 e. The summed E-state index contributed by atoms with van der Waals surface area (Å²) in [5.74, 6) is 0.529. The lowest BCUT2D eigenvalue weighted by atomic mass is 9.71. The fourth-order valence-corrected chi connectivity index (χ4v) is 4.98. The van der Waals surface area contributed by atoms with Gasteiger partial charge < -0.3 is 9.47 Å². The minimum atomic E-state index is -0.254. The molecule has 23 heavy (non-hydrogen) atoms. The molecule has 3 fully saturated rings. The fourth-order valence-electron chi connectivity index (χ4n) is 4.98. The van der Waals surface area contributed by atoms with Crippen molar-refractivity contribution in [2.45, 2.75) is 71.6 Å². The van der Waals surface area contributed by atoms with Gasteiger partial charge in [0.1, 0.15) is 6.10 Å². The van der Waals surface area contributed by atoms with Gasteiger partial charge >= 0.3 is 11.9 Å². The maximum Gasteiger partial charge on any atom is 0.320 e. The first kappa shape index (κ1) is 16.7. The molecule has 0 aromatic rings. The minimum Gasteiger partial charge on any atom is -0.465 e. The molecule has 0 N–H and O–H groups in total. The Morgan fingerprint density at radius 2 is 2.00 bits per heavy atom. The Morgan fingerprint density at radius 3 is 2.48 bits per heavy atom. The zero-order valence-electron chi connectivity index (χ0n) is 14.7. The highest BCUT2D eigenvalue weighted by atomic mass is 16.5. The molecule has 1 heterocycles. The quantitative estimate of drug-likeness (QED) is 0.727. The van der Waals surface area contributed by atoms with Crippen LogP contribution < -0.4 is 0 Å². The van der Waals surface area contributed by atoms with Gasteiger partial charge in [-0.25, -0.2) is 0 Å². The molecular formula is C18H29NO4. The van der Waals surface area contributed by atoms with Gasteiger partial charge in [-0.3, -0.25) is 14.5 Å². The number of fused-ring (bicyclic) bond motifs is 3. The SMILES string of the molecule is CC(C)N(CC(=O)OC1CC2CC1CC21CCOC1=O)C(C)C. The summed E-state index contributed by atoms with van der Waals surface area (Å²) in [6, 6.07) is 0.637.